The lowest BCUT2D eigenvalue weighted by Gasteiger charge is -2.16. The first-order chi connectivity index (χ1) is 11.1. The minimum Gasteiger partial charge on any atom is -0.348 e. The number of nitrogens with zero attached hydrogens (tertiary/aromatic N) is 5. The Morgan fingerprint density at radius 1 is 1.35 bits per heavy atom. The molecule has 3 heterocycles. The third kappa shape index (κ3) is 2.65. The van der Waals surface area contributed by atoms with E-state index in [2.05, 4.69) is 20.4 Å². The normalized spacial score (nSPS) is 21.7. The number of carbonyl (C=O) groups is 1. The molecule has 1 saturated carbocycles. The average Bonchev–Trinajstić information content (AvgIpc) is 2.93. The zero-order chi connectivity index (χ0) is 16.0. The number of amides is 1. The van der Waals surface area contributed by atoms with Crippen molar-refractivity contribution in [3.8, 4) is 5.82 Å². The summed E-state index contributed by atoms with van der Waals surface area (Å²) in [5.74, 6) is 0.658. The highest BCUT2D eigenvalue weighted by Crippen LogP contribution is 2.30. The van der Waals surface area contributed by atoms with E-state index in [1.165, 1.54) is 12.8 Å². The van der Waals surface area contributed by atoms with Crippen molar-refractivity contribution in [1.82, 2.24) is 29.8 Å². The molecule has 1 aliphatic heterocycles. The maximum atomic E-state index is 12.8. The summed E-state index contributed by atoms with van der Waals surface area (Å²) in [5, 5.41) is 11.8. The van der Waals surface area contributed by atoms with E-state index >= 15 is 0 Å². The average molecular weight is 314 g/mol. The van der Waals surface area contributed by atoms with Crippen LogP contribution in [0, 0.1) is 6.92 Å². The first kappa shape index (κ1) is 14.4. The first-order valence-electron chi connectivity index (χ1n) is 8.22. The van der Waals surface area contributed by atoms with Gasteiger partial charge in [-0.25, -0.2) is 9.36 Å². The molecule has 0 radical (unpaired) electrons. The summed E-state index contributed by atoms with van der Waals surface area (Å²) in [6, 6.07) is 2.83. The molecule has 4 rings (SSSR count). The highest BCUT2D eigenvalue weighted by molar-refractivity contribution is 5.98. The van der Waals surface area contributed by atoms with Gasteiger partial charge >= 0.3 is 0 Å². The Kier molecular flexibility index (Phi) is 3.45. The summed E-state index contributed by atoms with van der Waals surface area (Å²) in [6.45, 7) is 3.92. The molecule has 1 unspecified atom stereocenters. The van der Waals surface area contributed by atoms with Crippen LogP contribution < -0.4 is 5.32 Å². The summed E-state index contributed by atoms with van der Waals surface area (Å²) < 4.78 is 3.41. The zero-order valence-corrected chi connectivity index (χ0v) is 13.6. The molecule has 0 spiro atoms. The van der Waals surface area contributed by atoms with Gasteiger partial charge in [0.25, 0.3) is 5.91 Å². The molecule has 7 heteroatoms. The van der Waals surface area contributed by atoms with Crippen LogP contribution >= 0.6 is 0 Å². The largest absolute Gasteiger partial charge is 0.348 e. The smallest absolute Gasteiger partial charge is 0.257 e. The fourth-order valence-electron chi connectivity index (χ4n) is 3.50. The van der Waals surface area contributed by atoms with Crippen molar-refractivity contribution in [2.45, 2.75) is 38.3 Å². The number of aryl methyl sites for hydroxylation is 2. The Hall–Kier alpha value is -2.15. The maximum Gasteiger partial charge on any atom is 0.257 e. The number of nitrogens with one attached hydrogen (secondary N) is 1. The lowest BCUT2D eigenvalue weighted by Crippen LogP contribution is -2.38. The van der Waals surface area contributed by atoms with Crippen LogP contribution in [0.3, 0.4) is 0 Å². The van der Waals surface area contributed by atoms with Crippen molar-refractivity contribution in [2.75, 3.05) is 13.1 Å². The maximum absolute atomic E-state index is 12.8. The summed E-state index contributed by atoms with van der Waals surface area (Å²) >= 11 is 0. The van der Waals surface area contributed by atoms with E-state index in [0.717, 1.165) is 31.2 Å². The Balaban J connectivity index is 1.54. The fourth-order valence-corrected chi connectivity index (χ4v) is 3.50. The molecule has 2 aliphatic rings. The predicted octanol–water partition coefficient (Wildman–Crippen LogP) is 0.881. The molecule has 122 valence electrons. The van der Waals surface area contributed by atoms with Crippen molar-refractivity contribution >= 4 is 5.91 Å². The summed E-state index contributed by atoms with van der Waals surface area (Å²) in [5.41, 5.74) is 1.34. The van der Waals surface area contributed by atoms with Crippen molar-refractivity contribution in [2.24, 2.45) is 7.05 Å². The summed E-state index contributed by atoms with van der Waals surface area (Å²) in [6.07, 6.45) is 7.18. The minimum absolute atomic E-state index is 0.0521. The number of likely N-dealkylation sites (tertiary alicyclic amines) is 1. The van der Waals surface area contributed by atoms with Crippen LogP contribution in [0.5, 0.6) is 0 Å². The molecule has 1 saturated heterocycles. The van der Waals surface area contributed by atoms with Crippen molar-refractivity contribution < 1.29 is 4.79 Å². The molecule has 2 aromatic rings. The Labute approximate surface area is 135 Å². The number of carbonyl (C=O) groups excluding carboxylic acids is 1. The molecule has 23 heavy (non-hydrogen) atoms. The quantitative estimate of drug-likeness (QED) is 0.910. The van der Waals surface area contributed by atoms with Gasteiger partial charge in [0.1, 0.15) is 5.56 Å². The van der Waals surface area contributed by atoms with E-state index in [1.54, 1.807) is 15.6 Å². The van der Waals surface area contributed by atoms with Gasteiger partial charge in [-0.3, -0.25) is 9.69 Å². The van der Waals surface area contributed by atoms with Gasteiger partial charge in [-0.1, -0.05) is 0 Å². The van der Waals surface area contributed by atoms with Gasteiger partial charge in [-0.15, -0.1) is 0 Å². The second-order valence-corrected chi connectivity index (χ2v) is 6.54. The molecule has 1 atom stereocenters. The predicted molar refractivity (Wildman–Crippen MR) is 85.5 cm³/mol. The molecular weight excluding hydrogens is 292 g/mol. The van der Waals surface area contributed by atoms with E-state index < -0.39 is 0 Å². The van der Waals surface area contributed by atoms with Gasteiger partial charge in [-0.2, -0.15) is 10.2 Å². The van der Waals surface area contributed by atoms with Crippen LogP contribution in [0.25, 0.3) is 5.82 Å². The second kappa shape index (κ2) is 5.49. The van der Waals surface area contributed by atoms with Crippen LogP contribution in [-0.4, -0.2) is 55.5 Å². The standard InChI is InChI=1S/C16H22N6O/c1-11-14(16(20(2)19-11)22-8-3-7-17-22)15(23)18-12-6-9-21(10-12)13-4-5-13/h3,7-8,12-13H,4-6,9-10H2,1-2H3,(H,18,23). The van der Waals surface area contributed by atoms with Crippen LogP contribution in [0.15, 0.2) is 18.5 Å². The third-order valence-electron chi connectivity index (χ3n) is 4.76. The van der Waals surface area contributed by atoms with Gasteiger partial charge in [0.15, 0.2) is 5.82 Å². The highest BCUT2D eigenvalue weighted by Gasteiger charge is 2.35. The lowest BCUT2D eigenvalue weighted by molar-refractivity contribution is 0.0936. The Bertz CT molecular complexity index is 715. The SMILES string of the molecule is Cc1nn(C)c(-n2cccn2)c1C(=O)NC1CCN(C2CC2)C1. The van der Waals surface area contributed by atoms with E-state index in [4.69, 9.17) is 0 Å². The first-order valence-corrected chi connectivity index (χ1v) is 8.22. The van der Waals surface area contributed by atoms with Gasteiger partial charge in [-0.05, 0) is 32.3 Å². The highest BCUT2D eigenvalue weighted by atomic mass is 16.1. The van der Waals surface area contributed by atoms with Crippen LogP contribution in [0.1, 0.15) is 35.3 Å². The van der Waals surface area contributed by atoms with Gasteiger partial charge in [0, 0.05) is 44.6 Å². The number of aromatic nitrogens is 4. The van der Waals surface area contributed by atoms with Crippen molar-refractivity contribution in [3.05, 3.63) is 29.7 Å². The molecule has 7 nitrogen and oxygen atoms in total. The number of rotatable bonds is 4. The Morgan fingerprint density at radius 3 is 2.87 bits per heavy atom. The van der Waals surface area contributed by atoms with Crippen molar-refractivity contribution in [3.63, 3.8) is 0 Å². The van der Waals surface area contributed by atoms with E-state index in [0.29, 0.717) is 11.4 Å². The fraction of sp³-hybridized carbons (Fsp3) is 0.562. The molecule has 1 amide bonds. The van der Waals surface area contributed by atoms with Crippen LogP contribution in [0.4, 0.5) is 0 Å². The molecular formula is C16H22N6O. The van der Waals surface area contributed by atoms with Gasteiger partial charge in [0.2, 0.25) is 0 Å². The minimum atomic E-state index is -0.0521. The zero-order valence-electron chi connectivity index (χ0n) is 13.6. The molecule has 1 N–H and O–H groups in total. The topological polar surface area (TPSA) is 68.0 Å². The molecule has 2 aromatic heterocycles. The molecule has 0 bridgehead atoms. The molecule has 2 fully saturated rings. The van der Waals surface area contributed by atoms with E-state index in [-0.39, 0.29) is 11.9 Å². The summed E-state index contributed by atoms with van der Waals surface area (Å²) in [7, 11) is 1.84. The molecule has 0 aromatic carbocycles. The monoisotopic (exact) mass is 314 g/mol. The lowest BCUT2D eigenvalue weighted by atomic mass is 10.2. The van der Waals surface area contributed by atoms with Crippen molar-refractivity contribution in [1.29, 1.82) is 0 Å². The summed E-state index contributed by atoms with van der Waals surface area (Å²) in [4.78, 5) is 15.3. The van der Waals surface area contributed by atoms with Gasteiger partial charge in [0.05, 0.1) is 5.69 Å². The second-order valence-electron chi connectivity index (χ2n) is 6.54. The third-order valence-corrected chi connectivity index (χ3v) is 4.76. The van der Waals surface area contributed by atoms with E-state index in [9.17, 15) is 4.79 Å². The molecule has 1 aliphatic carbocycles. The van der Waals surface area contributed by atoms with E-state index in [1.807, 2.05) is 26.2 Å². The van der Waals surface area contributed by atoms with Crippen LogP contribution in [-0.2, 0) is 7.05 Å². The number of hydrogen-bond donors (Lipinski definition) is 1. The van der Waals surface area contributed by atoms with Crippen LogP contribution in [0.2, 0.25) is 0 Å². The Morgan fingerprint density at radius 2 is 2.17 bits per heavy atom. The van der Waals surface area contributed by atoms with Gasteiger partial charge < -0.3 is 5.32 Å². The number of hydrogen-bond acceptors (Lipinski definition) is 4.